The second kappa shape index (κ2) is 9.10. The van der Waals surface area contributed by atoms with Crippen LogP contribution in [0, 0.1) is 6.92 Å². The maximum absolute atomic E-state index is 12.4. The van der Waals surface area contributed by atoms with E-state index in [-0.39, 0.29) is 5.63 Å². The van der Waals surface area contributed by atoms with Crippen LogP contribution in [0.4, 0.5) is 0 Å². The van der Waals surface area contributed by atoms with E-state index in [1.807, 2.05) is 32.9 Å². The van der Waals surface area contributed by atoms with Crippen LogP contribution in [0.2, 0.25) is 5.02 Å². The maximum atomic E-state index is 12.4. The number of ether oxygens (including phenoxy) is 1. The van der Waals surface area contributed by atoms with Crippen molar-refractivity contribution in [1.29, 1.82) is 0 Å². The minimum absolute atomic E-state index is 0.251. The minimum atomic E-state index is -0.251. The number of hydrogen-bond donors (Lipinski definition) is 0. The highest BCUT2D eigenvalue weighted by Gasteiger charge is 2.14. The molecule has 0 aliphatic rings. The van der Waals surface area contributed by atoms with Crippen LogP contribution in [0.15, 0.2) is 33.0 Å². The monoisotopic (exact) mass is 362 g/mol. The van der Waals surface area contributed by atoms with Gasteiger partial charge < -0.3 is 9.15 Å². The van der Waals surface area contributed by atoms with Gasteiger partial charge in [0.15, 0.2) is 0 Å². The molecule has 1 aromatic heterocycles. The number of fused-ring (bicyclic) bond motifs is 1. The molecule has 0 amide bonds. The molecule has 0 aliphatic heterocycles. The molecule has 0 aliphatic carbocycles. The summed E-state index contributed by atoms with van der Waals surface area (Å²) in [4.78, 5) is 12.4. The van der Waals surface area contributed by atoms with Crippen LogP contribution in [0.25, 0.3) is 11.0 Å². The van der Waals surface area contributed by atoms with E-state index in [0.717, 1.165) is 35.8 Å². The summed E-state index contributed by atoms with van der Waals surface area (Å²) in [6.07, 6.45) is 7.22. The Morgan fingerprint density at radius 1 is 1.24 bits per heavy atom. The first kappa shape index (κ1) is 19.6. The van der Waals surface area contributed by atoms with E-state index < -0.39 is 0 Å². The van der Waals surface area contributed by atoms with Crippen molar-refractivity contribution in [2.45, 2.75) is 59.8 Å². The first-order chi connectivity index (χ1) is 11.9. The normalized spacial score (nSPS) is 10.9. The van der Waals surface area contributed by atoms with E-state index in [0.29, 0.717) is 23.0 Å². The predicted molar refractivity (Wildman–Crippen MR) is 105 cm³/mol. The van der Waals surface area contributed by atoms with Crippen LogP contribution in [0.3, 0.4) is 0 Å². The van der Waals surface area contributed by atoms with Crippen LogP contribution < -0.4 is 10.4 Å². The number of halogens is 1. The number of benzene rings is 1. The highest BCUT2D eigenvalue weighted by Crippen LogP contribution is 2.32. The van der Waals surface area contributed by atoms with Crippen molar-refractivity contribution in [3.05, 3.63) is 50.4 Å². The van der Waals surface area contributed by atoms with E-state index in [4.69, 9.17) is 20.8 Å². The highest BCUT2D eigenvalue weighted by atomic mass is 35.5. The van der Waals surface area contributed by atoms with Crippen LogP contribution in [0.5, 0.6) is 5.75 Å². The van der Waals surface area contributed by atoms with Crippen molar-refractivity contribution < 1.29 is 9.15 Å². The largest absolute Gasteiger partial charge is 0.488 e. The average Bonchev–Trinajstić information content (AvgIpc) is 2.55. The third-order valence-corrected chi connectivity index (χ3v) is 4.65. The molecule has 3 nitrogen and oxygen atoms in total. The molecule has 0 bridgehead atoms. The van der Waals surface area contributed by atoms with Gasteiger partial charge in [0.25, 0.3) is 0 Å². The van der Waals surface area contributed by atoms with Crippen LogP contribution in [-0.2, 0) is 6.42 Å². The summed E-state index contributed by atoms with van der Waals surface area (Å²) in [6.45, 7) is 8.60. The van der Waals surface area contributed by atoms with Gasteiger partial charge in [-0.2, -0.15) is 0 Å². The van der Waals surface area contributed by atoms with Crippen LogP contribution >= 0.6 is 11.6 Å². The topological polar surface area (TPSA) is 39.4 Å². The summed E-state index contributed by atoms with van der Waals surface area (Å²) in [7, 11) is 0. The van der Waals surface area contributed by atoms with Gasteiger partial charge in [-0.05, 0) is 51.3 Å². The SMILES string of the molecule is CCCCCCc1c(C)c2cc(Cl)c(OCC=C(C)C)cc2oc1=O. The maximum Gasteiger partial charge on any atom is 0.339 e. The van der Waals surface area contributed by atoms with Crippen molar-refractivity contribution in [2.24, 2.45) is 0 Å². The fourth-order valence-corrected chi connectivity index (χ4v) is 3.03. The molecule has 4 heteroatoms. The van der Waals surface area contributed by atoms with Gasteiger partial charge in [-0.25, -0.2) is 4.79 Å². The number of rotatable bonds is 8. The summed E-state index contributed by atoms with van der Waals surface area (Å²) in [5.41, 5.74) is 3.17. The van der Waals surface area contributed by atoms with Gasteiger partial charge in [0, 0.05) is 17.0 Å². The molecule has 0 fully saturated rings. The Kier molecular flexibility index (Phi) is 7.12. The molecule has 25 heavy (non-hydrogen) atoms. The van der Waals surface area contributed by atoms with Crippen LogP contribution in [-0.4, -0.2) is 6.61 Å². The molecule has 2 rings (SSSR count). The Hall–Kier alpha value is -1.74. The smallest absolute Gasteiger partial charge is 0.339 e. The summed E-state index contributed by atoms with van der Waals surface area (Å²) >= 11 is 6.36. The number of unbranched alkanes of at least 4 members (excludes halogenated alkanes) is 3. The molecular weight excluding hydrogens is 336 g/mol. The number of allylic oxidation sites excluding steroid dienone is 1. The third kappa shape index (κ3) is 5.12. The summed E-state index contributed by atoms with van der Waals surface area (Å²) in [5, 5.41) is 1.41. The lowest BCUT2D eigenvalue weighted by Crippen LogP contribution is -2.10. The molecule has 0 atom stereocenters. The lowest BCUT2D eigenvalue weighted by molar-refractivity contribution is 0.362. The Bertz CT molecular complexity index is 814. The quantitative estimate of drug-likeness (QED) is 0.318. The predicted octanol–water partition coefficient (Wildman–Crippen LogP) is 6.22. The third-order valence-electron chi connectivity index (χ3n) is 4.35. The zero-order chi connectivity index (χ0) is 18.4. The molecule has 0 saturated carbocycles. The van der Waals surface area contributed by atoms with Crippen LogP contribution in [0.1, 0.15) is 57.6 Å². The highest BCUT2D eigenvalue weighted by molar-refractivity contribution is 6.32. The van der Waals surface area contributed by atoms with Crippen molar-refractivity contribution in [1.82, 2.24) is 0 Å². The Morgan fingerprint density at radius 2 is 2.00 bits per heavy atom. The second-order valence-electron chi connectivity index (χ2n) is 6.68. The van der Waals surface area contributed by atoms with Gasteiger partial charge in [-0.3, -0.25) is 0 Å². The lowest BCUT2D eigenvalue weighted by atomic mass is 10.0. The summed E-state index contributed by atoms with van der Waals surface area (Å²) < 4.78 is 11.2. The number of aryl methyl sites for hydroxylation is 1. The molecular formula is C21H27ClO3. The van der Waals surface area contributed by atoms with Crippen molar-refractivity contribution in [3.63, 3.8) is 0 Å². The second-order valence-corrected chi connectivity index (χ2v) is 7.08. The van der Waals surface area contributed by atoms with Crippen molar-refractivity contribution in [3.8, 4) is 5.75 Å². The molecule has 2 aromatic rings. The molecule has 0 N–H and O–H groups in total. The van der Waals surface area contributed by atoms with E-state index >= 15 is 0 Å². The van der Waals surface area contributed by atoms with Gasteiger partial charge in [0.2, 0.25) is 0 Å². The first-order valence-electron chi connectivity index (χ1n) is 8.96. The average molecular weight is 363 g/mol. The Labute approximate surface area is 154 Å². The van der Waals surface area contributed by atoms with E-state index in [1.54, 1.807) is 6.07 Å². The van der Waals surface area contributed by atoms with E-state index in [1.165, 1.54) is 18.4 Å². The minimum Gasteiger partial charge on any atom is -0.488 e. The first-order valence-corrected chi connectivity index (χ1v) is 9.33. The van der Waals surface area contributed by atoms with Gasteiger partial charge in [-0.1, -0.05) is 43.4 Å². The van der Waals surface area contributed by atoms with Gasteiger partial charge in [0.05, 0.1) is 5.02 Å². The molecule has 136 valence electrons. The Balaban J connectivity index is 2.32. The van der Waals surface area contributed by atoms with Gasteiger partial charge in [-0.15, -0.1) is 0 Å². The van der Waals surface area contributed by atoms with Crippen molar-refractivity contribution in [2.75, 3.05) is 6.61 Å². The zero-order valence-corrected chi connectivity index (χ0v) is 16.3. The fraction of sp³-hybridized carbons (Fsp3) is 0.476. The lowest BCUT2D eigenvalue weighted by Gasteiger charge is -2.11. The number of hydrogen-bond acceptors (Lipinski definition) is 3. The zero-order valence-electron chi connectivity index (χ0n) is 15.6. The molecule has 0 unspecified atom stereocenters. The Morgan fingerprint density at radius 3 is 2.68 bits per heavy atom. The molecule has 1 aromatic carbocycles. The standard InChI is InChI=1S/C21H27ClO3/c1-5-6-7-8-9-16-15(4)17-12-18(22)20(24-11-10-14(2)3)13-19(17)25-21(16)23/h10,12-13H,5-9,11H2,1-4H3. The van der Waals surface area contributed by atoms with Crippen molar-refractivity contribution >= 4 is 22.6 Å². The molecule has 0 saturated heterocycles. The molecule has 1 heterocycles. The molecule has 0 radical (unpaired) electrons. The molecule has 0 spiro atoms. The summed E-state index contributed by atoms with van der Waals surface area (Å²) in [5.74, 6) is 0.532. The van der Waals surface area contributed by atoms with Gasteiger partial charge in [0.1, 0.15) is 17.9 Å². The van der Waals surface area contributed by atoms with E-state index in [2.05, 4.69) is 6.92 Å². The summed E-state index contributed by atoms with van der Waals surface area (Å²) in [6, 6.07) is 3.55. The van der Waals surface area contributed by atoms with Gasteiger partial charge >= 0.3 is 5.63 Å². The van der Waals surface area contributed by atoms with E-state index in [9.17, 15) is 4.79 Å². The fourth-order valence-electron chi connectivity index (χ4n) is 2.82.